The second kappa shape index (κ2) is 6.85. The number of methoxy groups -OCH3 is 1. The van der Waals surface area contributed by atoms with Crippen LogP contribution in [-0.4, -0.2) is 36.5 Å². The highest BCUT2D eigenvalue weighted by Gasteiger charge is 2.16. The molecule has 8 nitrogen and oxygen atoms in total. The van der Waals surface area contributed by atoms with Crippen LogP contribution in [0.15, 0.2) is 34.7 Å². The molecule has 0 fully saturated rings. The van der Waals surface area contributed by atoms with Gasteiger partial charge in [0.05, 0.1) is 5.69 Å². The van der Waals surface area contributed by atoms with Crippen LogP contribution >= 0.6 is 11.3 Å². The molecule has 0 atom stereocenters. The minimum absolute atomic E-state index is 0.0324. The highest BCUT2D eigenvalue weighted by molar-refractivity contribution is 7.13. The summed E-state index contributed by atoms with van der Waals surface area (Å²) in [7, 11) is 1.48. The van der Waals surface area contributed by atoms with Crippen molar-refractivity contribution in [2.75, 3.05) is 7.11 Å². The second-order valence-corrected chi connectivity index (χ2v) is 5.72. The van der Waals surface area contributed by atoms with Gasteiger partial charge in [0, 0.05) is 12.5 Å². The van der Waals surface area contributed by atoms with Crippen LogP contribution in [0.1, 0.15) is 19.5 Å². The van der Waals surface area contributed by atoms with Crippen LogP contribution in [0.4, 0.5) is 0 Å². The fraction of sp³-hybridized carbons (Fsp3) is 0.267. The van der Waals surface area contributed by atoms with Crippen molar-refractivity contribution < 1.29 is 4.74 Å². The van der Waals surface area contributed by atoms with Crippen molar-refractivity contribution >= 4 is 22.6 Å². The number of hydrogen-bond donors (Lipinski definition) is 0. The zero-order valence-electron chi connectivity index (χ0n) is 13.5. The molecule has 0 unspecified atom stereocenters. The molecule has 0 spiro atoms. The van der Waals surface area contributed by atoms with Gasteiger partial charge >= 0.3 is 5.69 Å². The summed E-state index contributed by atoms with van der Waals surface area (Å²) in [5.74, 6) is 0. The number of allylic oxidation sites excluding steroid dienone is 4. The number of nitrogens with zero attached hydrogens (tertiary/aromatic N) is 6. The number of aromatic nitrogens is 6. The molecule has 0 radical (unpaired) electrons. The number of ether oxygens (including phenoxy) is 1. The SMILES string of the molecule is CC=CC(=CC)c1csc(-c2ncn3c(=O)n(COC)nnc23)n1. The van der Waals surface area contributed by atoms with E-state index in [9.17, 15) is 4.79 Å². The van der Waals surface area contributed by atoms with E-state index in [0.29, 0.717) is 16.3 Å². The van der Waals surface area contributed by atoms with Gasteiger partial charge < -0.3 is 4.74 Å². The smallest absolute Gasteiger partial charge is 0.355 e. The summed E-state index contributed by atoms with van der Waals surface area (Å²) in [6, 6.07) is 0. The molecule has 3 aromatic heterocycles. The third-order valence-electron chi connectivity index (χ3n) is 3.33. The van der Waals surface area contributed by atoms with Crippen molar-refractivity contribution in [3.05, 3.63) is 46.1 Å². The molecular formula is C15H16N6O2S. The van der Waals surface area contributed by atoms with E-state index in [1.54, 1.807) is 0 Å². The molecular weight excluding hydrogens is 328 g/mol. The largest absolute Gasteiger partial charge is 0.362 e. The Hall–Kier alpha value is -2.65. The Bertz CT molecular complexity index is 981. The molecule has 0 N–H and O–H groups in total. The molecule has 0 aliphatic rings. The summed E-state index contributed by atoms with van der Waals surface area (Å²) >= 11 is 1.45. The van der Waals surface area contributed by atoms with Crippen LogP contribution in [0, 0.1) is 0 Å². The maximum atomic E-state index is 12.3. The van der Waals surface area contributed by atoms with E-state index in [1.807, 2.05) is 37.5 Å². The van der Waals surface area contributed by atoms with Crippen LogP contribution in [0.5, 0.6) is 0 Å². The van der Waals surface area contributed by atoms with Gasteiger partial charge in [-0.2, -0.15) is 4.68 Å². The maximum absolute atomic E-state index is 12.3. The third kappa shape index (κ3) is 2.79. The van der Waals surface area contributed by atoms with Gasteiger partial charge in [0.1, 0.15) is 23.8 Å². The summed E-state index contributed by atoms with van der Waals surface area (Å²) in [4.78, 5) is 21.2. The van der Waals surface area contributed by atoms with Crippen molar-refractivity contribution in [2.24, 2.45) is 0 Å². The average Bonchev–Trinajstić information content (AvgIpc) is 3.22. The molecule has 124 valence electrons. The van der Waals surface area contributed by atoms with Crippen LogP contribution in [0.2, 0.25) is 0 Å². The normalized spacial score (nSPS) is 12.5. The molecule has 0 saturated carbocycles. The predicted octanol–water partition coefficient (Wildman–Crippen LogP) is 1.99. The topological polar surface area (TPSA) is 87.2 Å². The lowest BCUT2D eigenvalue weighted by Gasteiger charge is -2.01. The van der Waals surface area contributed by atoms with Crippen LogP contribution in [0.25, 0.3) is 21.9 Å². The van der Waals surface area contributed by atoms with Gasteiger partial charge in [0.25, 0.3) is 0 Å². The molecule has 0 saturated heterocycles. The van der Waals surface area contributed by atoms with Crippen molar-refractivity contribution in [2.45, 2.75) is 20.6 Å². The first-order valence-electron chi connectivity index (χ1n) is 7.24. The summed E-state index contributed by atoms with van der Waals surface area (Å²) in [6.07, 6.45) is 7.38. The molecule has 0 aliphatic heterocycles. The molecule has 24 heavy (non-hydrogen) atoms. The fourth-order valence-corrected chi connectivity index (χ4v) is 3.03. The fourth-order valence-electron chi connectivity index (χ4n) is 2.21. The van der Waals surface area contributed by atoms with E-state index in [0.717, 1.165) is 15.9 Å². The summed E-state index contributed by atoms with van der Waals surface area (Å²) in [5.41, 5.74) is 2.44. The molecule has 0 aliphatic carbocycles. The highest BCUT2D eigenvalue weighted by atomic mass is 32.1. The Morgan fingerprint density at radius 1 is 1.42 bits per heavy atom. The van der Waals surface area contributed by atoms with Crippen molar-refractivity contribution in [1.29, 1.82) is 0 Å². The van der Waals surface area contributed by atoms with Crippen molar-refractivity contribution in [3.63, 3.8) is 0 Å². The first kappa shape index (κ1) is 16.2. The third-order valence-corrected chi connectivity index (χ3v) is 4.18. The standard InChI is InChI=1S/C15H16N6O2S/c1-4-6-10(5-2)11-7-24-14(17-11)12-13-18-19-21(9-23-3)15(22)20(13)8-16-12/h4-8H,9H2,1-3H3. The van der Waals surface area contributed by atoms with Gasteiger partial charge in [-0.15, -0.1) is 16.4 Å². The van der Waals surface area contributed by atoms with Crippen LogP contribution in [-0.2, 0) is 11.5 Å². The Balaban J connectivity index is 2.07. The molecule has 0 bridgehead atoms. The van der Waals surface area contributed by atoms with Gasteiger partial charge in [-0.25, -0.2) is 19.2 Å². The van der Waals surface area contributed by atoms with Crippen molar-refractivity contribution in [3.8, 4) is 10.7 Å². The minimum atomic E-state index is -0.361. The van der Waals surface area contributed by atoms with E-state index in [1.165, 1.54) is 29.2 Å². The van der Waals surface area contributed by atoms with Crippen LogP contribution < -0.4 is 5.69 Å². The molecule has 3 aromatic rings. The summed E-state index contributed by atoms with van der Waals surface area (Å²) < 4.78 is 7.38. The van der Waals surface area contributed by atoms with E-state index in [4.69, 9.17) is 4.74 Å². The summed E-state index contributed by atoms with van der Waals surface area (Å²) in [6.45, 7) is 3.95. The van der Waals surface area contributed by atoms with Gasteiger partial charge in [-0.3, -0.25) is 0 Å². The highest BCUT2D eigenvalue weighted by Crippen LogP contribution is 2.27. The van der Waals surface area contributed by atoms with Gasteiger partial charge in [-0.1, -0.05) is 23.4 Å². The lowest BCUT2D eigenvalue weighted by atomic mass is 10.2. The number of hydrogen-bond acceptors (Lipinski definition) is 7. The zero-order chi connectivity index (χ0) is 17.1. The molecule has 3 rings (SSSR count). The average molecular weight is 344 g/mol. The first-order valence-corrected chi connectivity index (χ1v) is 8.12. The van der Waals surface area contributed by atoms with E-state index < -0.39 is 0 Å². The van der Waals surface area contributed by atoms with Crippen molar-refractivity contribution in [1.82, 2.24) is 29.4 Å². The molecule has 3 heterocycles. The van der Waals surface area contributed by atoms with Gasteiger partial charge in [0.15, 0.2) is 5.65 Å². The Kier molecular flexibility index (Phi) is 4.63. The first-order chi connectivity index (χ1) is 11.7. The Morgan fingerprint density at radius 3 is 2.96 bits per heavy atom. The lowest BCUT2D eigenvalue weighted by Crippen LogP contribution is -2.30. The van der Waals surface area contributed by atoms with Gasteiger partial charge in [-0.05, 0) is 19.4 Å². The minimum Gasteiger partial charge on any atom is -0.362 e. The maximum Gasteiger partial charge on any atom is 0.355 e. The lowest BCUT2D eigenvalue weighted by molar-refractivity contribution is 0.111. The van der Waals surface area contributed by atoms with Gasteiger partial charge in [0.2, 0.25) is 0 Å². The number of imidazole rings is 1. The van der Waals surface area contributed by atoms with E-state index in [-0.39, 0.29) is 12.4 Å². The van der Waals surface area contributed by atoms with Crippen LogP contribution in [0.3, 0.4) is 0 Å². The van der Waals surface area contributed by atoms with E-state index in [2.05, 4.69) is 20.3 Å². The second-order valence-electron chi connectivity index (χ2n) is 4.86. The quantitative estimate of drug-likeness (QED) is 0.658. The molecule has 9 heteroatoms. The van der Waals surface area contributed by atoms with E-state index >= 15 is 0 Å². The zero-order valence-corrected chi connectivity index (χ0v) is 14.3. The number of fused-ring (bicyclic) bond motifs is 1. The molecule has 0 aromatic carbocycles. The summed E-state index contributed by atoms with van der Waals surface area (Å²) in [5, 5.41) is 10.6. The predicted molar refractivity (Wildman–Crippen MR) is 91.6 cm³/mol. The molecule has 0 amide bonds. The number of rotatable bonds is 5. The Morgan fingerprint density at radius 2 is 2.25 bits per heavy atom. The Labute approximate surface area is 141 Å². The number of thiazole rings is 1. The monoisotopic (exact) mass is 344 g/mol.